The Bertz CT molecular complexity index is 420. The largest absolute Gasteiger partial charge is 0.489 e. The van der Waals surface area contributed by atoms with Gasteiger partial charge in [0.05, 0.1) is 0 Å². The van der Waals surface area contributed by atoms with E-state index in [2.05, 4.69) is 45.9 Å². The molecule has 2 rings (SSSR count). The van der Waals surface area contributed by atoms with Crippen LogP contribution in [0.1, 0.15) is 51.2 Å². The molecule has 0 saturated heterocycles. The van der Waals surface area contributed by atoms with Crippen LogP contribution in [0, 0.1) is 6.92 Å². The van der Waals surface area contributed by atoms with Crippen LogP contribution in [0.25, 0.3) is 0 Å². The predicted molar refractivity (Wildman–Crippen MR) is 76.1 cm³/mol. The zero-order valence-electron chi connectivity index (χ0n) is 12.0. The molecule has 2 atom stereocenters. The van der Waals surface area contributed by atoms with E-state index in [9.17, 15) is 0 Å². The molecule has 0 spiro atoms. The van der Waals surface area contributed by atoms with E-state index in [1.165, 1.54) is 17.5 Å². The smallest absolute Gasteiger partial charge is 0.122 e. The van der Waals surface area contributed by atoms with Gasteiger partial charge in [-0.15, -0.1) is 0 Å². The highest BCUT2D eigenvalue weighted by atomic mass is 16.5. The van der Waals surface area contributed by atoms with Crippen LogP contribution in [0.2, 0.25) is 0 Å². The van der Waals surface area contributed by atoms with E-state index in [-0.39, 0.29) is 17.6 Å². The Morgan fingerprint density at radius 3 is 2.44 bits per heavy atom. The standard InChI is InChI=1S/C16H25NO/c1-11-10-12(16(2,3)4)8-9-14(11)18-15-7-5-6-13(15)17/h8-10,13,15H,5-7,17H2,1-4H3. The molecule has 100 valence electrons. The summed E-state index contributed by atoms with van der Waals surface area (Å²) in [4.78, 5) is 0. The number of hydrogen-bond donors (Lipinski definition) is 1. The topological polar surface area (TPSA) is 35.2 Å². The third kappa shape index (κ3) is 2.86. The normalized spacial score (nSPS) is 24.3. The van der Waals surface area contributed by atoms with Crippen LogP contribution in [0.4, 0.5) is 0 Å². The van der Waals surface area contributed by atoms with Crippen LogP contribution in [-0.2, 0) is 5.41 Å². The lowest BCUT2D eigenvalue weighted by molar-refractivity contribution is 0.190. The minimum absolute atomic E-state index is 0.188. The van der Waals surface area contributed by atoms with E-state index in [0.29, 0.717) is 0 Å². The van der Waals surface area contributed by atoms with Gasteiger partial charge in [0.2, 0.25) is 0 Å². The molecule has 18 heavy (non-hydrogen) atoms. The van der Waals surface area contributed by atoms with Crippen molar-refractivity contribution in [2.75, 3.05) is 0 Å². The lowest BCUT2D eigenvalue weighted by atomic mass is 9.86. The first kappa shape index (κ1) is 13.4. The summed E-state index contributed by atoms with van der Waals surface area (Å²) in [6.45, 7) is 8.81. The minimum Gasteiger partial charge on any atom is -0.489 e. The number of benzene rings is 1. The van der Waals surface area contributed by atoms with Gasteiger partial charge in [0.1, 0.15) is 11.9 Å². The molecule has 1 aliphatic rings. The molecule has 2 nitrogen and oxygen atoms in total. The molecule has 1 aromatic rings. The molecule has 2 heteroatoms. The van der Waals surface area contributed by atoms with Crippen LogP contribution < -0.4 is 10.5 Å². The zero-order chi connectivity index (χ0) is 13.3. The van der Waals surface area contributed by atoms with Crippen molar-refractivity contribution in [3.8, 4) is 5.75 Å². The predicted octanol–water partition coefficient (Wildman–Crippen LogP) is 3.55. The molecule has 1 saturated carbocycles. The number of rotatable bonds is 2. The third-order valence-corrected chi connectivity index (χ3v) is 3.82. The molecule has 0 radical (unpaired) electrons. The SMILES string of the molecule is Cc1cc(C(C)(C)C)ccc1OC1CCCC1N. The van der Waals surface area contributed by atoms with Gasteiger partial charge in [0, 0.05) is 6.04 Å². The summed E-state index contributed by atoms with van der Waals surface area (Å²) >= 11 is 0. The lowest BCUT2D eigenvalue weighted by Crippen LogP contribution is -2.33. The maximum atomic E-state index is 6.06. The monoisotopic (exact) mass is 247 g/mol. The molecule has 1 aliphatic carbocycles. The second-order valence-corrected chi connectivity index (χ2v) is 6.48. The molecule has 0 aliphatic heterocycles. The van der Waals surface area contributed by atoms with Gasteiger partial charge in [-0.05, 0) is 48.8 Å². The van der Waals surface area contributed by atoms with Crippen LogP contribution in [0.5, 0.6) is 5.75 Å². The first-order valence-electron chi connectivity index (χ1n) is 6.91. The summed E-state index contributed by atoms with van der Waals surface area (Å²) < 4.78 is 6.06. The Morgan fingerprint density at radius 2 is 1.94 bits per heavy atom. The summed E-state index contributed by atoms with van der Waals surface area (Å²) in [7, 11) is 0. The number of aryl methyl sites for hydroxylation is 1. The van der Waals surface area contributed by atoms with E-state index in [4.69, 9.17) is 10.5 Å². The summed E-state index contributed by atoms with van der Waals surface area (Å²) in [5, 5.41) is 0. The number of nitrogens with two attached hydrogens (primary N) is 1. The van der Waals surface area contributed by atoms with E-state index in [1.54, 1.807) is 0 Å². The Balaban J connectivity index is 2.15. The highest BCUT2D eigenvalue weighted by molar-refractivity contribution is 5.39. The lowest BCUT2D eigenvalue weighted by Gasteiger charge is -2.23. The van der Waals surface area contributed by atoms with E-state index in [1.807, 2.05) is 0 Å². The number of hydrogen-bond acceptors (Lipinski definition) is 2. The first-order chi connectivity index (χ1) is 8.38. The quantitative estimate of drug-likeness (QED) is 0.867. The zero-order valence-corrected chi connectivity index (χ0v) is 12.0. The Morgan fingerprint density at radius 1 is 1.22 bits per heavy atom. The van der Waals surface area contributed by atoms with Gasteiger partial charge in [-0.3, -0.25) is 0 Å². The van der Waals surface area contributed by atoms with Gasteiger partial charge in [0.15, 0.2) is 0 Å². The van der Waals surface area contributed by atoms with Crippen LogP contribution in [-0.4, -0.2) is 12.1 Å². The van der Waals surface area contributed by atoms with Crippen molar-refractivity contribution in [1.82, 2.24) is 0 Å². The minimum atomic E-state index is 0.188. The molecule has 0 heterocycles. The molecule has 0 amide bonds. The van der Waals surface area contributed by atoms with Crippen molar-refractivity contribution in [3.05, 3.63) is 29.3 Å². The molecule has 0 aromatic heterocycles. The van der Waals surface area contributed by atoms with Gasteiger partial charge < -0.3 is 10.5 Å². The summed E-state index contributed by atoms with van der Waals surface area (Å²) in [5.41, 5.74) is 8.80. The molecule has 2 unspecified atom stereocenters. The molecule has 2 N–H and O–H groups in total. The van der Waals surface area contributed by atoms with Gasteiger partial charge in [-0.1, -0.05) is 32.9 Å². The van der Waals surface area contributed by atoms with E-state index in [0.717, 1.165) is 18.6 Å². The highest BCUT2D eigenvalue weighted by Crippen LogP contribution is 2.30. The van der Waals surface area contributed by atoms with Crippen molar-refractivity contribution >= 4 is 0 Å². The Labute approximate surface area is 111 Å². The first-order valence-corrected chi connectivity index (χ1v) is 6.91. The van der Waals surface area contributed by atoms with Gasteiger partial charge in [0.25, 0.3) is 0 Å². The Kier molecular flexibility index (Phi) is 3.67. The molecule has 1 aromatic carbocycles. The fourth-order valence-electron chi connectivity index (χ4n) is 2.51. The highest BCUT2D eigenvalue weighted by Gasteiger charge is 2.26. The van der Waals surface area contributed by atoms with Crippen LogP contribution >= 0.6 is 0 Å². The van der Waals surface area contributed by atoms with E-state index < -0.39 is 0 Å². The van der Waals surface area contributed by atoms with Crippen molar-refractivity contribution < 1.29 is 4.74 Å². The average Bonchev–Trinajstić information content (AvgIpc) is 2.66. The summed E-state index contributed by atoms with van der Waals surface area (Å²) in [5.74, 6) is 0.991. The van der Waals surface area contributed by atoms with Crippen molar-refractivity contribution in [2.45, 2.75) is 64.5 Å². The van der Waals surface area contributed by atoms with Crippen LogP contribution in [0.15, 0.2) is 18.2 Å². The second kappa shape index (κ2) is 4.93. The van der Waals surface area contributed by atoms with Gasteiger partial charge >= 0.3 is 0 Å². The maximum Gasteiger partial charge on any atom is 0.122 e. The summed E-state index contributed by atoms with van der Waals surface area (Å²) in [6.07, 6.45) is 3.56. The summed E-state index contributed by atoms with van der Waals surface area (Å²) in [6, 6.07) is 6.70. The second-order valence-electron chi connectivity index (χ2n) is 6.48. The average molecular weight is 247 g/mol. The third-order valence-electron chi connectivity index (χ3n) is 3.82. The molecular formula is C16H25NO. The molecule has 0 bridgehead atoms. The van der Waals surface area contributed by atoms with Gasteiger partial charge in [-0.25, -0.2) is 0 Å². The van der Waals surface area contributed by atoms with Crippen molar-refractivity contribution in [3.63, 3.8) is 0 Å². The number of ether oxygens (including phenoxy) is 1. The van der Waals surface area contributed by atoms with Gasteiger partial charge in [-0.2, -0.15) is 0 Å². The molecule has 1 fully saturated rings. The van der Waals surface area contributed by atoms with E-state index >= 15 is 0 Å². The molecular weight excluding hydrogens is 222 g/mol. The fraction of sp³-hybridized carbons (Fsp3) is 0.625. The van der Waals surface area contributed by atoms with Crippen molar-refractivity contribution in [1.29, 1.82) is 0 Å². The fourth-order valence-corrected chi connectivity index (χ4v) is 2.51. The Hall–Kier alpha value is -1.02. The maximum absolute atomic E-state index is 6.06. The van der Waals surface area contributed by atoms with Crippen molar-refractivity contribution in [2.24, 2.45) is 5.73 Å². The van der Waals surface area contributed by atoms with Crippen LogP contribution in [0.3, 0.4) is 0 Å².